The van der Waals surface area contributed by atoms with Crippen LogP contribution in [0.3, 0.4) is 0 Å². The summed E-state index contributed by atoms with van der Waals surface area (Å²) in [7, 11) is 1.59. The van der Waals surface area contributed by atoms with Gasteiger partial charge in [-0.3, -0.25) is 9.59 Å². The monoisotopic (exact) mass is 296 g/mol. The summed E-state index contributed by atoms with van der Waals surface area (Å²) in [4.78, 5) is 24.9. The molecule has 0 spiro atoms. The molecule has 112 valence electrons. The normalized spacial score (nSPS) is 32.3. The molecule has 4 atom stereocenters. The highest BCUT2D eigenvalue weighted by Gasteiger charge is 2.59. The van der Waals surface area contributed by atoms with Gasteiger partial charge >= 0.3 is 0 Å². The Balaban J connectivity index is 1.58. The molecule has 4 rings (SSSR count). The SMILES string of the molecule is COc1cccc(C=NN2C(=O)C3C4C=CC(C4)C3C2=O)c1. The van der Waals surface area contributed by atoms with Crippen LogP contribution in [0, 0.1) is 23.7 Å². The molecular formula is C17H16N2O3. The van der Waals surface area contributed by atoms with Crippen LogP contribution in [0.5, 0.6) is 5.75 Å². The summed E-state index contributed by atoms with van der Waals surface area (Å²) < 4.78 is 5.15. The second-order valence-corrected chi connectivity index (χ2v) is 6.01. The van der Waals surface area contributed by atoms with Gasteiger partial charge in [-0.2, -0.15) is 10.1 Å². The molecule has 5 nitrogen and oxygen atoms in total. The highest BCUT2D eigenvalue weighted by molar-refractivity contribution is 6.06. The first-order chi connectivity index (χ1) is 10.7. The number of hydrazone groups is 1. The van der Waals surface area contributed by atoms with Crippen LogP contribution in [0.15, 0.2) is 41.5 Å². The van der Waals surface area contributed by atoms with E-state index in [0.717, 1.165) is 17.0 Å². The van der Waals surface area contributed by atoms with E-state index < -0.39 is 0 Å². The van der Waals surface area contributed by atoms with Gasteiger partial charge in [0.1, 0.15) is 5.75 Å². The van der Waals surface area contributed by atoms with Crippen molar-refractivity contribution in [2.75, 3.05) is 7.11 Å². The Kier molecular flexibility index (Phi) is 2.89. The molecular weight excluding hydrogens is 280 g/mol. The molecule has 2 bridgehead atoms. The first-order valence-corrected chi connectivity index (χ1v) is 7.43. The Morgan fingerprint density at radius 2 is 1.86 bits per heavy atom. The predicted molar refractivity (Wildman–Crippen MR) is 80.2 cm³/mol. The lowest BCUT2D eigenvalue weighted by molar-refractivity contribution is -0.140. The van der Waals surface area contributed by atoms with Crippen LogP contribution < -0.4 is 4.74 Å². The molecule has 5 heteroatoms. The third-order valence-corrected chi connectivity index (χ3v) is 4.86. The van der Waals surface area contributed by atoms with Crippen LogP contribution in [0.25, 0.3) is 0 Å². The van der Waals surface area contributed by atoms with Crippen molar-refractivity contribution < 1.29 is 14.3 Å². The Morgan fingerprint density at radius 3 is 2.50 bits per heavy atom. The quantitative estimate of drug-likeness (QED) is 0.486. The third kappa shape index (κ3) is 1.81. The molecule has 22 heavy (non-hydrogen) atoms. The lowest BCUT2D eigenvalue weighted by Gasteiger charge is -2.13. The minimum absolute atomic E-state index is 0.161. The Morgan fingerprint density at radius 1 is 1.18 bits per heavy atom. The van der Waals surface area contributed by atoms with E-state index >= 15 is 0 Å². The van der Waals surface area contributed by atoms with Gasteiger partial charge in [0.2, 0.25) is 0 Å². The minimum Gasteiger partial charge on any atom is -0.497 e. The zero-order valence-corrected chi connectivity index (χ0v) is 12.2. The molecule has 1 heterocycles. The Hall–Kier alpha value is -2.43. The fraction of sp³-hybridized carbons (Fsp3) is 0.353. The van der Waals surface area contributed by atoms with Crippen molar-refractivity contribution in [1.29, 1.82) is 0 Å². The number of hydrogen-bond donors (Lipinski definition) is 0. The number of allylic oxidation sites excluding steroid dienone is 2. The molecule has 3 aliphatic rings. The number of ether oxygens (including phenoxy) is 1. The number of amides is 2. The van der Waals surface area contributed by atoms with Crippen LogP contribution >= 0.6 is 0 Å². The summed E-state index contributed by atoms with van der Waals surface area (Å²) in [5, 5.41) is 5.19. The van der Waals surface area contributed by atoms with E-state index in [0.29, 0.717) is 5.75 Å². The second-order valence-electron chi connectivity index (χ2n) is 6.01. The Labute approximate surface area is 128 Å². The molecule has 1 saturated carbocycles. The van der Waals surface area contributed by atoms with Gasteiger partial charge in [-0.05, 0) is 36.0 Å². The highest BCUT2D eigenvalue weighted by Crippen LogP contribution is 2.52. The smallest absolute Gasteiger partial charge is 0.254 e. The zero-order valence-electron chi connectivity index (χ0n) is 12.2. The number of hydrogen-bond acceptors (Lipinski definition) is 4. The molecule has 0 aromatic heterocycles. The summed E-state index contributed by atoms with van der Waals surface area (Å²) in [6.45, 7) is 0. The van der Waals surface area contributed by atoms with Gasteiger partial charge in [0.15, 0.2) is 0 Å². The van der Waals surface area contributed by atoms with E-state index in [-0.39, 0.29) is 35.5 Å². The van der Waals surface area contributed by atoms with Crippen LogP contribution in [0.2, 0.25) is 0 Å². The largest absolute Gasteiger partial charge is 0.497 e. The van der Waals surface area contributed by atoms with Crippen molar-refractivity contribution in [3.05, 3.63) is 42.0 Å². The molecule has 2 aliphatic carbocycles. The van der Waals surface area contributed by atoms with Gasteiger partial charge in [0, 0.05) is 0 Å². The van der Waals surface area contributed by atoms with Gasteiger partial charge in [0.05, 0.1) is 25.2 Å². The van der Waals surface area contributed by atoms with Gasteiger partial charge in [-0.1, -0.05) is 24.3 Å². The molecule has 4 unspecified atom stereocenters. The summed E-state index contributed by atoms with van der Waals surface area (Å²) in [5.41, 5.74) is 0.790. The number of nitrogens with zero attached hydrogens (tertiary/aromatic N) is 2. The topological polar surface area (TPSA) is 59.0 Å². The molecule has 1 aliphatic heterocycles. The molecule has 1 aromatic rings. The third-order valence-electron chi connectivity index (χ3n) is 4.86. The zero-order chi connectivity index (χ0) is 15.3. The number of carbonyl (C=O) groups is 2. The van der Waals surface area contributed by atoms with Gasteiger partial charge in [0.25, 0.3) is 11.8 Å². The summed E-state index contributed by atoms with van der Waals surface area (Å²) in [5.74, 6) is 0.404. The molecule has 0 radical (unpaired) electrons. The maximum absolute atomic E-state index is 12.5. The van der Waals surface area contributed by atoms with Crippen molar-refractivity contribution in [3.63, 3.8) is 0 Å². The highest BCUT2D eigenvalue weighted by atomic mass is 16.5. The molecule has 1 aromatic carbocycles. The number of rotatable bonds is 3. The minimum atomic E-state index is -0.204. The second kappa shape index (κ2) is 4.80. The van der Waals surface area contributed by atoms with Gasteiger partial charge in [-0.15, -0.1) is 0 Å². The van der Waals surface area contributed by atoms with E-state index in [1.807, 2.05) is 18.2 Å². The van der Waals surface area contributed by atoms with Gasteiger partial charge in [-0.25, -0.2) is 0 Å². The lowest BCUT2D eigenvalue weighted by Crippen LogP contribution is -2.28. The van der Waals surface area contributed by atoms with Crippen LogP contribution in [0.1, 0.15) is 12.0 Å². The van der Waals surface area contributed by atoms with Gasteiger partial charge < -0.3 is 4.74 Å². The van der Waals surface area contributed by atoms with E-state index in [4.69, 9.17) is 4.74 Å². The predicted octanol–water partition coefficient (Wildman–Crippen LogP) is 1.84. The number of benzene rings is 1. The van der Waals surface area contributed by atoms with Crippen molar-refractivity contribution in [1.82, 2.24) is 5.01 Å². The average molecular weight is 296 g/mol. The van der Waals surface area contributed by atoms with Crippen LogP contribution in [-0.2, 0) is 9.59 Å². The number of methoxy groups -OCH3 is 1. The standard InChI is InChI=1S/C17H16N2O3/c1-22-13-4-2-3-10(7-13)9-18-19-16(20)14-11-5-6-12(8-11)15(14)17(19)21/h2-7,9,11-12,14-15H,8H2,1H3. The molecule has 0 N–H and O–H groups in total. The maximum Gasteiger partial charge on any atom is 0.254 e. The first kappa shape index (κ1) is 13.2. The fourth-order valence-corrected chi connectivity index (χ4v) is 3.85. The van der Waals surface area contributed by atoms with E-state index in [9.17, 15) is 9.59 Å². The summed E-state index contributed by atoms with van der Waals surface area (Å²) in [6, 6.07) is 7.33. The number of carbonyl (C=O) groups excluding carboxylic acids is 2. The van der Waals surface area contributed by atoms with Crippen molar-refractivity contribution in [2.24, 2.45) is 28.8 Å². The first-order valence-electron chi connectivity index (χ1n) is 7.43. The number of fused-ring (bicyclic) bond motifs is 5. The average Bonchev–Trinajstić information content (AvgIpc) is 3.21. The molecule has 2 fully saturated rings. The summed E-state index contributed by atoms with van der Waals surface area (Å²) in [6.07, 6.45) is 6.62. The van der Waals surface area contributed by atoms with E-state index in [1.54, 1.807) is 13.2 Å². The van der Waals surface area contributed by atoms with Crippen molar-refractivity contribution in [2.45, 2.75) is 6.42 Å². The van der Waals surface area contributed by atoms with Crippen molar-refractivity contribution >= 4 is 18.0 Å². The van der Waals surface area contributed by atoms with Crippen molar-refractivity contribution in [3.8, 4) is 5.75 Å². The Bertz CT molecular complexity index is 680. The van der Waals surface area contributed by atoms with E-state index in [1.165, 1.54) is 6.21 Å². The number of imide groups is 1. The maximum atomic E-state index is 12.5. The van der Waals surface area contributed by atoms with Crippen LogP contribution in [0.4, 0.5) is 0 Å². The molecule has 1 saturated heterocycles. The van der Waals surface area contributed by atoms with E-state index in [2.05, 4.69) is 17.3 Å². The fourth-order valence-electron chi connectivity index (χ4n) is 3.85. The summed E-state index contributed by atoms with van der Waals surface area (Å²) >= 11 is 0. The molecule has 2 amide bonds. The van der Waals surface area contributed by atoms with Crippen LogP contribution in [-0.4, -0.2) is 30.1 Å². The lowest BCUT2D eigenvalue weighted by atomic mass is 9.85.